The molecule has 0 amide bonds. The lowest BCUT2D eigenvalue weighted by Gasteiger charge is -2.19. The van der Waals surface area contributed by atoms with E-state index in [4.69, 9.17) is 5.73 Å². The summed E-state index contributed by atoms with van der Waals surface area (Å²) in [5, 5.41) is 0. The van der Waals surface area contributed by atoms with E-state index >= 15 is 0 Å². The summed E-state index contributed by atoms with van der Waals surface area (Å²) in [6.07, 6.45) is 1.80. The molecule has 1 aromatic rings. The predicted octanol–water partition coefficient (Wildman–Crippen LogP) is 1.53. The standard InChI is InChI=1S/C12H21N3O2S/c1-3-4-9-15(2)18(16,17)14-12-8-6-5-7-11(12)10-13/h5-8,14H,3-4,9-10,13H2,1-2H3. The maximum Gasteiger partial charge on any atom is 0.301 e. The van der Waals surface area contributed by atoms with Crippen LogP contribution in [-0.2, 0) is 16.8 Å². The van der Waals surface area contributed by atoms with E-state index in [0.717, 1.165) is 18.4 Å². The first-order valence-electron chi connectivity index (χ1n) is 6.03. The first-order chi connectivity index (χ1) is 8.51. The van der Waals surface area contributed by atoms with Gasteiger partial charge in [0.15, 0.2) is 0 Å². The van der Waals surface area contributed by atoms with Crippen LogP contribution in [0.3, 0.4) is 0 Å². The highest BCUT2D eigenvalue weighted by Gasteiger charge is 2.17. The van der Waals surface area contributed by atoms with Crippen LogP contribution in [0, 0.1) is 0 Å². The third-order valence-electron chi connectivity index (χ3n) is 2.71. The van der Waals surface area contributed by atoms with Crippen LogP contribution in [0.1, 0.15) is 25.3 Å². The van der Waals surface area contributed by atoms with Gasteiger partial charge in [-0.25, -0.2) is 0 Å². The number of nitrogens with one attached hydrogen (secondary N) is 1. The van der Waals surface area contributed by atoms with Gasteiger partial charge in [0.05, 0.1) is 5.69 Å². The van der Waals surface area contributed by atoms with Crippen molar-refractivity contribution in [1.82, 2.24) is 4.31 Å². The molecule has 0 atom stereocenters. The van der Waals surface area contributed by atoms with Gasteiger partial charge in [-0.3, -0.25) is 4.72 Å². The Hall–Kier alpha value is -1.11. The van der Waals surface area contributed by atoms with E-state index < -0.39 is 10.2 Å². The van der Waals surface area contributed by atoms with Crippen molar-refractivity contribution in [3.05, 3.63) is 29.8 Å². The van der Waals surface area contributed by atoms with E-state index in [1.165, 1.54) is 4.31 Å². The van der Waals surface area contributed by atoms with E-state index in [1.807, 2.05) is 19.1 Å². The van der Waals surface area contributed by atoms with Gasteiger partial charge >= 0.3 is 10.2 Å². The molecule has 0 radical (unpaired) electrons. The van der Waals surface area contributed by atoms with Gasteiger partial charge in [0, 0.05) is 20.1 Å². The third kappa shape index (κ3) is 3.97. The Morgan fingerprint density at radius 2 is 2.00 bits per heavy atom. The molecule has 0 heterocycles. The number of unbranched alkanes of at least 4 members (excludes halogenated alkanes) is 1. The average Bonchev–Trinajstić information content (AvgIpc) is 2.36. The quantitative estimate of drug-likeness (QED) is 0.789. The van der Waals surface area contributed by atoms with Gasteiger partial charge in [-0.15, -0.1) is 0 Å². The van der Waals surface area contributed by atoms with E-state index in [2.05, 4.69) is 4.72 Å². The average molecular weight is 271 g/mol. The molecule has 1 rings (SSSR count). The van der Waals surface area contributed by atoms with E-state index in [-0.39, 0.29) is 0 Å². The Kier molecular flexibility index (Phi) is 5.58. The van der Waals surface area contributed by atoms with Crippen LogP contribution in [0.5, 0.6) is 0 Å². The van der Waals surface area contributed by atoms with Crippen molar-refractivity contribution in [2.75, 3.05) is 18.3 Å². The summed E-state index contributed by atoms with van der Waals surface area (Å²) in [4.78, 5) is 0. The number of hydrogen-bond donors (Lipinski definition) is 2. The summed E-state index contributed by atoms with van der Waals surface area (Å²) in [6, 6.07) is 7.14. The van der Waals surface area contributed by atoms with Crippen molar-refractivity contribution in [2.24, 2.45) is 5.73 Å². The van der Waals surface area contributed by atoms with Crippen LogP contribution in [-0.4, -0.2) is 26.3 Å². The molecule has 0 aromatic heterocycles. The normalized spacial score (nSPS) is 11.8. The molecular weight excluding hydrogens is 250 g/mol. The lowest BCUT2D eigenvalue weighted by Crippen LogP contribution is -2.33. The molecule has 0 spiro atoms. The van der Waals surface area contributed by atoms with Gasteiger partial charge in [-0.1, -0.05) is 31.5 Å². The van der Waals surface area contributed by atoms with Crippen LogP contribution in [0.2, 0.25) is 0 Å². The van der Waals surface area contributed by atoms with Gasteiger partial charge in [0.2, 0.25) is 0 Å². The Bertz CT molecular complexity index is 474. The minimum atomic E-state index is -3.49. The van der Waals surface area contributed by atoms with Crippen LogP contribution in [0.25, 0.3) is 0 Å². The monoisotopic (exact) mass is 271 g/mol. The largest absolute Gasteiger partial charge is 0.326 e. The maximum atomic E-state index is 12.0. The SMILES string of the molecule is CCCCN(C)S(=O)(=O)Nc1ccccc1CN. The molecule has 0 aliphatic carbocycles. The van der Waals surface area contributed by atoms with Crippen LogP contribution in [0.4, 0.5) is 5.69 Å². The molecule has 5 nitrogen and oxygen atoms in total. The first-order valence-corrected chi connectivity index (χ1v) is 7.47. The molecule has 1 aromatic carbocycles. The zero-order valence-electron chi connectivity index (χ0n) is 10.9. The fourth-order valence-electron chi connectivity index (χ4n) is 1.52. The fourth-order valence-corrected chi connectivity index (χ4v) is 2.52. The van der Waals surface area contributed by atoms with Gasteiger partial charge in [-0.05, 0) is 18.1 Å². The van der Waals surface area contributed by atoms with Gasteiger partial charge in [-0.2, -0.15) is 12.7 Å². The van der Waals surface area contributed by atoms with Crippen molar-refractivity contribution in [1.29, 1.82) is 0 Å². The highest BCUT2D eigenvalue weighted by atomic mass is 32.2. The molecule has 3 N–H and O–H groups in total. The number of anilines is 1. The summed E-state index contributed by atoms with van der Waals surface area (Å²) in [7, 11) is -1.92. The van der Waals surface area contributed by atoms with Crippen molar-refractivity contribution in [2.45, 2.75) is 26.3 Å². The Morgan fingerprint density at radius 3 is 2.61 bits per heavy atom. The molecule has 0 aliphatic heterocycles. The second-order valence-electron chi connectivity index (χ2n) is 4.14. The Balaban J connectivity index is 2.82. The van der Waals surface area contributed by atoms with Gasteiger partial charge in [0.1, 0.15) is 0 Å². The van der Waals surface area contributed by atoms with Crippen LogP contribution >= 0.6 is 0 Å². The minimum absolute atomic E-state index is 0.303. The topological polar surface area (TPSA) is 75.4 Å². The second kappa shape index (κ2) is 6.72. The number of para-hydroxylation sites is 1. The van der Waals surface area contributed by atoms with E-state index in [9.17, 15) is 8.42 Å². The summed E-state index contributed by atoms with van der Waals surface area (Å²) >= 11 is 0. The smallest absolute Gasteiger partial charge is 0.301 e. The number of hydrogen-bond acceptors (Lipinski definition) is 3. The molecule has 18 heavy (non-hydrogen) atoms. The van der Waals surface area contributed by atoms with Gasteiger partial charge < -0.3 is 5.73 Å². The summed E-state index contributed by atoms with van der Waals surface area (Å²) in [6.45, 7) is 2.84. The minimum Gasteiger partial charge on any atom is -0.326 e. The van der Waals surface area contributed by atoms with E-state index in [0.29, 0.717) is 18.8 Å². The zero-order chi connectivity index (χ0) is 13.6. The summed E-state index contributed by atoms with van der Waals surface area (Å²) in [5.41, 5.74) is 6.90. The van der Waals surface area contributed by atoms with Gasteiger partial charge in [0.25, 0.3) is 0 Å². The number of benzene rings is 1. The lowest BCUT2D eigenvalue weighted by atomic mass is 10.2. The molecular formula is C12H21N3O2S. The summed E-state index contributed by atoms with van der Waals surface area (Å²) < 4.78 is 28.0. The highest BCUT2D eigenvalue weighted by molar-refractivity contribution is 7.90. The highest BCUT2D eigenvalue weighted by Crippen LogP contribution is 2.16. The molecule has 0 aliphatic rings. The van der Waals surface area contributed by atoms with Crippen molar-refractivity contribution in [3.8, 4) is 0 Å². The Labute approximate surface area is 109 Å². The van der Waals surface area contributed by atoms with Crippen molar-refractivity contribution >= 4 is 15.9 Å². The van der Waals surface area contributed by atoms with Crippen LogP contribution < -0.4 is 10.5 Å². The molecule has 6 heteroatoms. The maximum absolute atomic E-state index is 12.0. The third-order valence-corrected chi connectivity index (χ3v) is 4.19. The molecule has 0 unspecified atom stereocenters. The molecule has 0 fully saturated rings. The lowest BCUT2D eigenvalue weighted by molar-refractivity contribution is 0.463. The van der Waals surface area contributed by atoms with E-state index in [1.54, 1.807) is 19.2 Å². The van der Waals surface area contributed by atoms with Crippen molar-refractivity contribution in [3.63, 3.8) is 0 Å². The molecule has 0 bridgehead atoms. The molecule has 0 saturated carbocycles. The number of nitrogens with two attached hydrogens (primary N) is 1. The van der Waals surface area contributed by atoms with Crippen LogP contribution in [0.15, 0.2) is 24.3 Å². The molecule has 0 saturated heterocycles. The number of nitrogens with zero attached hydrogens (tertiary/aromatic N) is 1. The molecule has 102 valence electrons. The second-order valence-corrected chi connectivity index (χ2v) is 5.92. The zero-order valence-corrected chi connectivity index (χ0v) is 11.7. The Morgan fingerprint density at radius 1 is 1.33 bits per heavy atom. The first kappa shape index (κ1) is 14.9. The summed E-state index contributed by atoms with van der Waals surface area (Å²) in [5.74, 6) is 0. The van der Waals surface area contributed by atoms with Crippen molar-refractivity contribution < 1.29 is 8.42 Å². The number of rotatable bonds is 7. The fraction of sp³-hybridized carbons (Fsp3) is 0.500. The predicted molar refractivity (Wildman–Crippen MR) is 74.4 cm³/mol.